The molecular weight excluding hydrogens is 279 g/mol. The molecule has 112 valence electrons. The maximum atomic E-state index is 13.9. The van der Waals surface area contributed by atoms with E-state index in [1.807, 2.05) is 0 Å². The quantitative estimate of drug-likeness (QED) is 0.234. The Hall–Kier alpha value is -2.48. The average molecular weight is 294 g/mol. The molecule has 4 N–H and O–H groups in total. The molecule has 2 amide bonds. The highest BCUT2D eigenvalue weighted by Gasteiger charge is 2.35. The maximum absolute atomic E-state index is 13.9. The number of carbonyl (C=O) groups excluding carboxylic acids is 2. The normalized spacial score (nSPS) is 19.4. The lowest BCUT2D eigenvalue weighted by Crippen LogP contribution is -2.36. The largest absolute Gasteiger partial charge is 0.409 e. The molecule has 1 unspecified atom stereocenters. The lowest BCUT2D eigenvalue weighted by molar-refractivity contribution is -0.137. The van der Waals surface area contributed by atoms with Gasteiger partial charge in [-0.3, -0.25) is 14.5 Å². The second kappa shape index (κ2) is 5.88. The Morgan fingerprint density at radius 1 is 1.57 bits per heavy atom. The molecule has 0 radical (unpaired) electrons. The van der Waals surface area contributed by atoms with Gasteiger partial charge in [-0.15, -0.1) is 0 Å². The highest BCUT2D eigenvalue weighted by atomic mass is 19.1. The molecule has 1 fully saturated rings. The fraction of sp³-hybridized carbons (Fsp3) is 0.308. The van der Waals surface area contributed by atoms with E-state index in [1.54, 1.807) is 0 Å². The first-order valence-electron chi connectivity index (χ1n) is 6.24. The van der Waals surface area contributed by atoms with Gasteiger partial charge in [0.2, 0.25) is 11.8 Å². The van der Waals surface area contributed by atoms with E-state index in [9.17, 15) is 14.0 Å². The van der Waals surface area contributed by atoms with Crippen molar-refractivity contribution < 1.29 is 19.2 Å². The molecule has 7 nitrogen and oxygen atoms in total. The van der Waals surface area contributed by atoms with Crippen molar-refractivity contribution in [3.63, 3.8) is 0 Å². The Morgan fingerprint density at radius 2 is 2.29 bits per heavy atom. The minimum absolute atomic E-state index is 0.0686. The third-order valence-electron chi connectivity index (χ3n) is 3.38. The second-order valence-corrected chi connectivity index (χ2v) is 4.72. The smallest absolute Gasteiger partial charge is 0.246 e. The minimum atomic E-state index is -0.634. The number of likely N-dealkylation sites (N-methyl/N-ethyl adjacent to an activating group) is 1. The number of rotatable bonds is 4. The zero-order chi connectivity index (χ0) is 15.6. The van der Waals surface area contributed by atoms with Crippen molar-refractivity contribution in [2.45, 2.75) is 19.0 Å². The van der Waals surface area contributed by atoms with Crippen LogP contribution in [0.1, 0.15) is 17.5 Å². The van der Waals surface area contributed by atoms with Crippen molar-refractivity contribution in [2.75, 3.05) is 7.05 Å². The van der Waals surface area contributed by atoms with Crippen LogP contribution in [0.25, 0.3) is 0 Å². The maximum Gasteiger partial charge on any atom is 0.246 e. The summed E-state index contributed by atoms with van der Waals surface area (Å²) < 4.78 is 13.9. The van der Waals surface area contributed by atoms with Gasteiger partial charge in [0.25, 0.3) is 0 Å². The van der Waals surface area contributed by atoms with E-state index >= 15 is 0 Å². The van der Waals surface area contributed by atoms with Gasteiger partial charge in [0.05, 0.1) is 12.5 Å². The lowest BCUT2D eigenvalue weighted by atomic mass is 10.1. The highest BCUT2D eigenvalue weighted by molar-refractivity contribution is 6.05. The van der Waals surface area contributed by atoms with E-state index in [4.69, 9.17) is 10.9 Å². The van der Waals surface area contributed by atoms with Crippen molar-refractivity contribution in [3.05, 3.63) is 35.1 Å². The summed E-state index contributed by atoms with van der Waals surface area (Å²) in [7, 11) is 1.42. The molecule has 0 spiro atoms. The lowest BCUT2D eigenvalue weighted by Gasteiger charge is -2.12. The summed E-state index contributed by atoms with van der Waals surface area (Å²) in [4.78, 5) is 24.1. The van der Waals surface area contributed by atoms with Crippen LogP contribution in [-0.2, 0) is 16.1 Å². The number of imide groups is 1. The molecule has 1 aromatic rings. The first kappa shape index (κ1) is 14.9. The molecule has 0 aliphatic carbocycles. The fourth-order valence-corrected chi connectivity index (χ4v) is 2.06. The van der Waals surface area contributed by atoms with Crippen molar-refractivity contribution in [2.24, 2.45) is 10.9 Å². The number of nitrogens with one attached hydrogen (secondary N) is 1. The van der Waals surface area contributed by atoms with Crippen LogP contribution in [0.4, 0.5) is 4.39 Å². The number of hydrogen-bond donors (Lipinski definition) is 3. The summed E-state index contributed by atoms with van der Waals surface area (Å²) in [6.45, 7) is 0.0970. The Morgan fingerprint density at radius 3 is 2.81 bits per heavy atom. The van der Waals surface area contributed by atoms with Crippen LogP contribution in [0.5, 0.6) is 0 Å². The Kier molecular flexibility index (Phi) is 4.18. The number of nitrogens with zero attached hydrogens (tertiary/aromatic N) is 2. The highest BCUT2D eigenvalue weighted by Crippen LogP contribution is 2.14. The number of halogens is 1. The van der Waals surface area contributed by atoms with E-state index in [2.05, 4.69) is 10.5 Å². The third-order valence-corrected chi connectivity index (χ3v) is 3.38. The number of likely N-dealkylation sites (tertiary alicyclic amines) is 1. The number of amidine groups is 1. The first-order valence-corrected chi connectivity index (χ1v) is 6.24. The first-order chi connectivity index (χ1) is 9.93. The standard InChI is InChI=1S/C13H15FN4O3/c1-18-11(19)5-10(13(18)20)16-6-8-3-2-7(4-9(8)14)12(15)17-21/h2-4,10,16,21H,5-6H2,1H3,(H2,15,17). The van der Waals surface area contributed by atoms with E-state index < -0.39 is 11.9 Å². The zero-order valence-corrected chi connectivity index (χ0v) is 11.3. The molecule has 2 rings (SSSR count). The van der Waals surface area contributed by atoms with E-state index in [1.165, 1.54) is 19.2 Å². The Labute approximate surface area is 120 Å². The predicted molar refractivity (Wildman–Crippen MR) is 71.9 cm³/mol. The molecule has 1 atom stereocenters. The number of carbonyl (C=O) groups is 2. The molecule has 1 aliphatic heterocycles. The molecule has 0 aromatic heterocycles. The monoisotopic (exact) mass is 294 g/mol. The van der Waals surface area contributed by atoms with Gasteiger partial charge < -0.3 is 16.3 Å². The molecule has 8 heteroatoms. The molecule has 1 saturated heterocycles. The molecule has 1 aromatic carbocycles. The van der Waals surface area contributed by atoms with Crippen LogP contribution in [0, 0.1) is 5.82 Å². The Balaban J connectivity index is 2.04. The van der Waals surface area contributed by atoms with Crippen LogP contribution in [-0.4, -0.2) is 40.8 Å². The molecular formula is C13H15FN4O3. The molecule has 0 bridgehead atoms. The van der Waals surface area contributed by atoms with Crippen molar-refractivity contribution >= 4 is 17.6 Å². The molecule has 0 saturated carbocycles. The van der Waals surface area contributed by atoms with Crippen LogP contribution >= 0.6 is 0 Å². The summed E-state index contributed by atoms with van der Waals surface area (Å²) in [6.07, 6.45) is 0.0686. The number of amides is 2. The van der Waals surface area contributed by atoms with Crippen LogP contribution in [0.3, 0.4) is 0 Å². The summed E-state index contributed by atoms with van der Waals surface area (Å²) in [5.74, 6) is -1.32. The Bertz CT molecular complexity index is 617. The molecule has 1 heterocycles. The van der Waals surface area contributed by atoms with Gasteiger partial charge in [-0.2, -0.15) is 0 Å². The van der Waals surface area contributed by atoms with Gasteiger partial charge in [-0.05, 0) is 6.07 Å². The van der Waals surface area contributed by atoms with Crippen molar-refractivity contribution in [1.82, 2.24) is 10.2 Å². The van der Waals surface area contributed by atoms with Gasteiger partial charge in [0.15, 0.2) is 5.84 Å². The number of oxime groups is 1. The van der Waals surface area contributed by atoms with E-state index in [0.717, 1.165) is 11.0 Å². The van der Waals surface area contributed by atoms with E-state index in [0.29, 0.717) is 5.56 Å². The SMILES string of the molecule is CN1C(=O)CC(NCc2ccc(C(N)=NO)cc2F)C1=O. The van der Waals surface area contributed by atoms with E-state index in [-0.39, 0.29) is 36.2 Å². The topological polar surface area (TPSA) is 108 Å². The number of hydrogen-bond acceptors (Lipinski definition) is 5. The van der Waals surface area contributed by atoms with Gasteiger partial charge >= 0.3 is 0 Å². The predicted octanol–water partition coefficient (Wildman–Crippen LogP) is -0.233. The zero-order valence-electron chi connectivity index (χ0n) is 11.3. The van der Waals surface area contributed by atoms with Gasteiger partial charge in [0.1, 0.15) is 5.82 Å². The van der Waals surface area contributed by atoms with Crippen LogP contribution in [0.2, 0.25) is 0 Å². The average Bonchev–Trinajstić information content (AvgIpc) is 2.72. The minimum Gasteiger partial charge on any atom is -0.409 e. The van der Waals surface area contributed by atoms with Crippen molar-refractivity contribution in [3.8, 4) is 0 Å². The van der Waals surface area contributed by atoms with Gasteiger partial charge in [0, 0.05) is 24.7 Å². The number of benzene rings is 1. The fourth-order valence-electron chi connectivity index (χ4n) is 2.06. The summed E-state index contributed by atoms with van der Waals surface area (Å²) >= 11 is 0. The third kappa shape index (κ3) is 3.00. The summed E-state index contributed by atoms with van der Waals surface area (Å²) in [6, 6.07) is 3.48. The van der Waals surface area contributed by atoms with Gasteiger partial charge in [-0.25, -0.2) is 4.39 Å². The number of nitrogens with two attached hydrogens (primary N) is 1. The van der Waals surface area contributed by atoms with Crippen molar-refractivity contribution in [1.29, 1.82) is 0 Å². The van der Waals surface area contributed by atoms with Gasteiger partial charge in [-0.1, -0.05) is 17.3 Å². The second-order valence-electron chi connectivity index (χ2n) is 4.72. The van der Waals surface area contributed by atoms with Crippen LogP contribution in [0.15, 0.2) is 23.4 Å². The molecule has 21 heavy (non-hydrogen) atoms. The molecule has 1 aliphatic rings. The summed E-state index contributed by atoms with van der Waals surface area (Å²) in [5, 5.41) is 14.2. The van der Waals surface area contributed by atoms with Crippen LogP contribution < -0.4 is 11.1 Å². The summed E-state index contributed by atoms with van der Waals surface area (Å²) in [5.41, 5.74) is 5.94.